The largest absolute Gasteiger partial charge is 0.461 e. The number of nitrogens with zero attached hydrogens (tertiary/aromatic N) is 2. The molecule has 102 valence electrons. The molecule has 0 saturated heterocycles. The highest BCUT2D eigenvalue weighted by Gasteiger charge is 2.32. The summed E-state index contributed by atoms with van der Waals surface area (Å²) < 4.78 is 10.6. The molecule has 1 aliphatic carbocycles. The molecule has 0 atom stereocenters. The third-order valence-electron chi connectivity index (χ3n) is 4.04. The summed E-state index contributed by atoms with van der Waals surface area (Å²) in [7, 11) is 2.02. The van der Waals surface area contributed by atoms with E-state index < -0.39 is 0 Å². The van der Waals surface area contributed by atoms with Crippen molar-refractivity contribution in [2.75, 3.05) is 7.05 Å². The molecule has 0 radical (unpaired) electrons. The van der Waals surface area contributed by atoms with E-state index in [2.05, 4.69) is 15.5 Å². The number of hydrogen-bond acceptors (Lipinski definition) is 5. The van der Waals surface area contributed by atoms with Gasteiger partial charge in [-0.15, -0.1) is 0 Å². The van der Waals surface area contributed by atoms with Crippen LogP contribution in [0.15, 0.2) is 27.3 Å². The Morgan fingerprint density at radius 1 is 1.32 bits per heavy atom. The molecular weight excluding hydrogens is 242 g/mol. The Bertz CT molecular complexity index is 513. The first kappa shape index (κ1) is 12.4. The Balaban J connectivity index is 1.76. The van der Waals surface area contributed by atoms with Crippen LogP contribution >= 0.6 is 0 Å². The van der Waals surface area contributed by atoms with Gasteiger partial charge in [0.05, 0.1) is 6.26 Å². The first-order chi connectivity index (χ1) is 9.31. The predicted molar refractivity (Wildman–Crippen MR) is 70.6 cm³/mol. The van der Waals surface area contributed by atoms with Crippen LogP contribution in [-0.4, -0.2) is 22.7 Å². The molecule has 0 spiro atoms. The molecular formula is C14H19N3O2. The summed E-state index contributed by atoms with van der Waals surface area (Å²) in [6.45, 7) is 0. The van der Waals surface area contributed by atoms with E-state index >= 15 is 0 Å². The van der Waals surface area contributed by atoms with E-state index in [-0.39, 0.29) is 5.54 Å². The van der Waals surface area contributed by atoms with E-state index in [1.165, 1.54) is 32.1 Å². The highest BCUT2D eigenvalue weighted by atomic mass is 16.5. The third-order valence-corrected chi connectivity index (χ3v) is 4.04. The Morgan fingerprint density at radius 2 is 2.16 bits per heavy atom. The summed E-state index contributed by atoms with van der Waals surface area (Å²) in [4.78, 5) is 4.43. The Hall–Kier alpha value is -1.62. The fourth-order valence-electron chi connectivity index (χ4n) is 2.87. The molecule has 0 unspecified atom stereocenters. The summed E-state index contributed by atoms with van der Waals surface area (Å²) in [6.07, 6.45) is 8.59. The lowest BCUT2D eigenvalue weighted by molar-refractivity contribution is 0.221. The lowest BCUT2D eigenvalue weighted by Gasteiger charge is -2.36. The van der Waals surface area contributed by atoms with Crippen molar-refractivity contribution in [3.05, 3.63) is 24.3 Å². The summed E-state index contributed by atoms with van der Waals surface area (Å²) >= 11 is 0. The van der Waals surface area contributed by atoms with Crippen LogP contribution in [0.3, 0.4) is 0 Å². The summed E-state index contributed by atoms with van der Waals surface area (Å²) in [5.41, 5.74) is 0.116. The van der Waals surface area contributed by atoms with Crippen LogP contribution in [0.1, 0.15) is 38.0 Å². The number of likely N-dealkylation sites (N-methyl/N-ethyl adjacent to an activating group) is 1. The van der Waals surface area contributed by atoms with E-state index in [1.54, 1.807) is 6.26 Å². The van der Waals surface area contributed by atoms with Crippen LogP contribution in [0.4, 0.5) is 0 Å². The third kappa shape index (κ3) is 2.56. The minimum atomic E-state index is 0.116. The number of nitrogens with one attached hydrogen (secondary N) is 1. The highest BCUT2D eigenvalue weighted by molar-refractivity contribution is 5.44. The molecule has 5 nitrogen and oxygen atoms in total. The molecule has 0 aliphatic heterocycles. The van der Waals surface area contributed by atoms with E-state index in [0.717, 1.165) is 6.42 Å². The van der Waals surface area contributed by atoms with Crippen molar-refractivity contribution >= 4 is 0 Å². The highest BCUT2D eigenvalue weighted by Crippen LogP contribution is 2.31. The van der Waals surface area contributed by atoms with Crippen LogP contribution in [0.25, 0.3) is 11.6 Å². The second-order valence-electron chi connectivity index (χ2n) is 5.26. The molecule has 0 aromatic carbocycles. The van der Waals surface area contributed by atoms with Crippen molar-refractivity contribution in [2.45, 2.75) is 44.1 Å². The summed E-state index contributed by atoms with van der Waals surface area (Å²) in [5, 5.41) is 7.44. The first-order valence-electron chi connectivity index (χ1n) is 6.87. The first-order valence-corrected chi connectivity index (χ1v) is 6.87. The smallest absolute Gasteiger partial charge is 0.238 e. The quantitative estimate of drug-likeness (QED) is 0.916. The average molecular weight is 261 g/mol. The topological polar surface area (TPSA) is 64.1 Å². The van der Waals surface area contributed by atoms with Gasteiger partial charge >= 0.3 is 0 Å². The van der Waals surface area contributed by atoms with Crippen LogP contribution in [0.5, 0.6) is 0 Å². The molecule has 2 aromatic heterocycles. The second-order valence-corrected chi connectivity index (χ2v) is 5.26. The lowest BCUT2D eigenvalue weighted by atomic mass is 9.79. The Labute approximate surface area is 112 Å². The van der Waals surface area contributed by atoms with Gasteiger partial charge in [-0.2, -0.15) is 4.98 Å². The molecule has 2 aromatic rings. The van der Waals surface area contributed by atoms with E-state index in [1.807, 2.05) is 19.2 Å². The summed E-state index contributed by atoms with van der Waals surface area (Å²) in [6, 6.07) is 3.66. The molecule has 1 N–H and O–H groups in total. The number of hydrogen-bond donors (Lipinski definition) is 1. The Morgan fingerprint density at radius 3 is 2.84 bits per heavy atom. The molecule has 1 aliphatic rings. The molecule has 1 saturated carbocycles. The van der Waals surface area contributed by atoms with Gasteiger partial charge in [0, 0.05) is 12.0 Å². The molecule has 2 heterocycles. The molecule has 0 bridgehead atoms. The van der Waals surface area contributed by atoms with Crippen LogP contribution in [-0.2, 0) is 6.42 Å². The molecule has 1 fully saturated rings. The standard InChI is InChI=1S/C14H19N3O2/c1-15-14(7-3-2-4-8-14)10-12-16-13(17-19-12)11-6-5-9-18-11/h5-6,9,15H,2-4,7-8,10H2,1H3. The maximum absolute atomic E-state index is 5.36. The van der Waals surface area contributed by atoms with Gasteiger partial charge in [0.1, 0.15) is 0 Å². The van der Waals surface area contributed by atoms with Crippen LogP contribution < -0.4 is 5.32 Å². The van der Waals surface area contributed by atoms with Gasteiger partial charge in [-0.1, -0.05) is 24.4 Å². The van der Waals surface area contributed by atoms with E-state index in [4.69, 9.17) is 8.94 Å². The minimum absolute atomic E-state index is 0.116. The van der Waals surface area contributed by atoms with Crippen molar-refractivity contribution < 1.29 is 8.94 Å². The lowest BCUT2D eigenvalue weighted by Crippen LogP contribution is -2.46. The average Bonchev–Trinajstić information content (AvgIpc) is 3.10. The minimum Gasteiger partial charge on any atom is -0.461 e. The molecule has 3 rings (SSSR count). The van der Waals surface area contributed by atoms with Gasteiger partial charge in [-0.25, -0.2) is 0 Å². The Kier molecular flexibility index (Phi) is 3.38. The van der Waals surface area contributed by atoms with Gasteiger partial charge in [0.15, 0.2) is 5.76 Å². The SMILES string of the molecule is CNC1(Cc2nc(-c3ccco3)no2)CCCCC1. The van der Waals surface area contributed by atoms with E-state index in [9.17, 15) is 0 Å². The predicted octanol–water partition coefficient (Wildman–Crippen LogP) is 2.79. The molecule has 19 heavy (non-hydrogen) atoms. The number of aromatic nitrogens is 2. The maximum Gasteiger partial charge on any atom is 0.238 e. The van der Waals surface area contributed by atoms with Gasteiger partial charge in [-0.3, -0.25) is 0 Å². The van der Waals surface area contributed by atoms with Gasteiger partial charge in [0.2, 0.25) is 11.7 Å². The zero-order valence-corrected chi connectivity index (χ0v) is 11.2. The zero-order valence-electron chi connectivity index (χ0n) is 11.2. The molecule has 5 heteroatoms. The maximum atomic E-state index is 5.36. The van der Waals surface area contributed by atoms with Crippen molar-refractivity contribution in [2.24, 2.45) is 0 Å². The second kappa shape index (κ2) is 5.17. The van der Waals surface area contributed by atoms with E-state index in [0.29, 0.717) is 17.5 Å². The monoisotopic (exact) mass is 261 g/mol. The van der Waals surface area contributed by atoms with Crippen molar-refractivity contribution in [3.8, 4) is 11.6 Å². The van der Waals surface area contributed by atoms with Gasteiger partial charge < -0.3 is 14.3 Å². The molecule has 0 amide bonds. The number of rotatable bonds is 4. The van der Waals surface area contributed by atoms with Crippen LogP contribution in [0.2, 0.25) is 0 Å². The zero-order chi connectivity index (χ0) is 13.1. The fraction of sp³-hybridized carbons (Fsp3) is 0.571. The van der Waals surface area contributed by atoms with Crippen molar-refractivity contribution in [3.63, 3.8) is 0 Å². The number of furan rings is 1. The van der Waals surface area contributed by atoms with Gasteiger partial charge in [-0.05, 0) is 32.0 Å². The van der Waals surface area contributed by atoms with Crippen molar-refractivity contribution in [1.82, 2.24) is 15.5 Å². The van der Waals surface area contributed by atoms with Crippen molar-refractivity contribution in [1.29, 1.82) is 0 Å². The van der Waals surface area contributed by atoms with Crippen LogP contribution in [0, 0.1) is 0 Å². The fourth-order valence-corrected chi connectivity index (χ4v) is 2.87. The normalized spacial score (nSPS) is 18.6. The van der Waals surface area contributed by atoms with Gasteiger partial charge in [0.25, 0.3) is 0 Å². The summed E-state index contributed by atoms with van der Waals surface area (Å²) in [5.74, 6) is 1.86.